The Hall–Kier alpha value is -5.31. The Morgan fingerprint density at radius 1 is 0.608 bits per heavy atom. The lowest BCUT2D eigenvalue weighted by Gasteiger charge is -2.11. The SMILES string of the molecule is COCCOCCOC(=O)CCCCCCCn1cnc(-c2ccccc2)c1-c1ccccc1.c1ccc(-c2nc[nH]c2-c2ccccc2)cc1. The molecular weight excluding hydrogens is 636 g/mol. The van der Waals surface area contributed by atoms with Gasteiger partial charge in [0.15, 0.2) is 0 Å². The van der Waals surface area contributed by atoms with E-state index in [-0.39, 0.29) is 5.97 Å². The molecule has 4 aromatic carbocycles. The molecule has 0 aliphatic rings. The number of aromatic amines is 1. The predicted octanol–water partition coefficient (Wildman–Crippen LogP) is 9.51. The molecule has 0 unspecified atom stereocenters. The van der Waals surface area contributed by atoms with Crippen molar-refractivity contribution in [3.05, 3.63) is 134 Å². The molecule has 0 fully saturated rings. The van der Waals surface area contributed by atoms with Crippen molar-refractivity contribution in [3.8, 4) is 45.0 Å². The van der Waals surface area contributed by atoms with Gasteiger partial charge in [-0.15, -0.1) is 0 Å². The van der Waals surface area contributed by atoms with Gasteiger partial charge in [0.1, 0.15) is 6.61 Å². The van der Waals surface area contributed by atoms with Crippen molar-refractivity contribution in [2.45, 2.75) is 45.1 Å². The van der Waals surface area contributed by atoms with Crippen LogP contribution >= 0.6 is 0 Å². The summed E-state index contributed by atoms with van der Waals surface area (Å²) < 4.78 is 17.6. The summed E-state index contributed by atoms with van der Waals surface area (Å²) in [6, 6.07) is 41.3. The molecule has 1 N–H and O–H groups in total. The number of unbranched alkanes of at least 4 members (excludes halogenated alkanes) is 4. The summed E-state index contributed by atoms with van der Waals surface area (Å²) in [5, 5.41) is 0. The van der Waals surface area contributed by atoms with Gasteiger partial charge in [-0.25, -0.2) is 9.97 Å². The summed E-state index contributed by atoms with van der Waals surface area (Å²) >= 11 is 0. The number of hydrogen-bond acceptors (Lipinski definition) is 6. The third-order valence-electron chi connectivity index (χ3n) is 8.38. The molecule has 0 atom stereocenters. The molecule has 8 nitrogen and oxygen atoms in total. The summed E-state index contributed by atoms with van der Waals surface area (Å²) in [5.41, 5.74) is 8.86. The van der Waals surface area contributed by atoms with E-state index in [2.05, 4.69) is 87.3 Å². The molecule has 0 amide bonds. The number of carbonyl (C=O) groups excluding carboxylic acids is 1. The smallest absolute Gasteiger partial charge is 0.305 e. The van der Waals surface area contributed by atoms with Gasteiger partial charge in [-0.1, -0.05) is 141 Å². The van der Waals surface area contributed by atoms with Crippen LogP contribution in [0.1, 0.15) is 38.5 Å². The van der Waals surface area contributed by atoms with Gasteiger partial charge >= 0.3 is 5.97 Å². The fourth-order valence-electron chi connectivity index (χ4n) is 5.80. The molecule has 6 rings (SSSR count). The summed E-state index contributed by atoms with van der Waals surface area (Å²) in [4.78, 5) is 24.2. The third-order valence-corrected chi connectivity index (χ3v) is 8.38. The van der Waals surface area contributed by atoms with Crippen LogP contribution < -0.4 is 0 Å². The molecule has 0 bridgehead atoms. The molecule has 0 radical (unpaired) electrons. The van der Waals surface area contributed by atoms with Crippen molar-refractivity contribution < 1.29 is 19.0 Å². The average molecular weight is 685 g/mol. The standard InChI is InChI=1S/C28H36N2O4.C15H12N2/c1-32-19-20-33-21-22-34-26(31)17-11-3-2-4-12-18-30-23-29-27(24-13-7-5-8-14-24)28(30)25-15-9-6-10-16-25;1-3-7-12(8-4-1)14-15(17-11-16-14)13-9-5-2-6-10-13/h5-10,13-16,23H,2-4,11-12,17-22H2,1H3;1-11H,(H,16,17). The lowest BCUT2D eigenvalue weighted by atomic mass is 10.0. The molecule has 0 spiro atoms. The molecule has 0 aliphatic carbocycles. The van der Waals surface area contributed by atoms with Crippen molar-refractivity contribution in [2.24, 2.45) is 0 Å². The number of H-pyrrole nitrogens is 1. The number of carbonyl (C=O) groups is 1. The number of methoxy groups -OCH3 is 1. The van der Waals surface area contributed by atoms with Gasteiger partial charge in [0.05, 0.1) is 55.3 Å². The van der Waals surface area contributed by atoms with Crippen LogP contribution in [0.5, 0.6) is 0 Å². The summed E-state index contributed by atoms with van der Waals surface area (Å²) in [6.45, 7) is 2.72. The molecule has 6 aromatic rings. The zero-order valence-electron chi connectivity index (χ0n) is 29.5. The Morgan fingerprint density at radius 2 is 1.16 bits per heavy atom. The summed E-state index contributed by atoms with van der Waals surface area (Å²) in [7, 11) is 1.63. The topological polar surface area (TPSA) is 91.3 Å². The number of imidazole rings is 2. The Balaban J connectivity index is 0.000000245. The maximum atomic E-state index is 11.8. The molecule has 51 heavy (non-hydrogen) atoms. The van der Waals surface area contributed by atoms with Crippen LogP contribution in [0.4, 0.5) is 0 Å². The fourth-order valence-corrected chi connectivity index (χ4v) is 5.80. The van der Waals surface area contributed by atoms with Gasteiger partial charge in [0.25, 0.3) is 0 Å². The van der Waals surface area contributed by atoms with E-state index in [1.807, 2.05) is 54.9 Å². The second kappa shape index (κ2) is 21.0. The fraction of sp³-hybridized carbons (Fsp3) is 0.279. The number of benzene rings is 4. The first-order valence-electron chi connectivity index (χ1n) is 17.8. The number of aromatic nitrogens is 4. The van der Waals surface area contributed by atoms with Crippen molar-refractivity contribution >= 4 is 5.97 Å². The first-order valence-corrected chi connectivity index (χ1v) is 17.8. The van der Waals surface area contributed by atoms with Gasteiger partial charge in [0, 0.05) is 42.3 Å². The van der Waals surface area contributed by atoms with E-state index >= 15 is 0 Å². The molecule has 0 saturated heterocycles. The number of nitrogens with one attached hydrogen (secondary N) is 1. The second-order valence-electron chi connectivity index (χ2n) is 12.1. The molecule has 0 aliphatic heterocycles. The van der Waals surface area contributed by atoms with Crippen molar-refractivity contribution in [2.75, 3.05) is 33.5 Å². The quantitative estimate of drug-likeness (QED) is 0.0717. The number of ether oxygens (including phenoxy) is 3. The molecule has 8 heteroatoms. The van der Waals surface area contributed by atoms with Gasteiger partial charge < -0.3 is 23.8 Å². The van der Waals surface area contributed by atoms with Crippen molar-refractivity contribution in [3.63, 3.8) is 0 Å². The van der Waals surface area contributed by atoms with E-state index in [0.29, 0.717) is 32.8 Å². The summed E-state index contributed by atoms with van der Waals surface area (Å²) in [6.07, 6.45) is 9.37. The minimum absolute atomic E-state index is 0.144. The second-order valence-corrected chi connectivity index (χ2v) is 12.1. The highest BCUT2D eigenvalue weighted by Crippen LogP contribution is 2.31. The monoisotopic (exact) mass is 684 g/mol. The highest BCUT2D eigenvalue weighted by molar-refractivity contribution is 5.79. The molecular formula is C43H48N4O4. The largest absolute Gasteiger partial charge is 0.463 e. The predicted molar refractivity (Wildman–Crippen MR) is 204 cm³/mol. The molecule has 0 saturated carbocycles. The van der Waals surface area contributed by atoms with Gasteiger partial charge in [-0.2, -0.15) is 0 Å². The highest BCUT2D eigenvalue weighted by Gasteiger charge is 2.14. The van der Waals surface area contributed by atoms with E-state index in [1.165, 1.54) is 11.3 Å². The zero-order chi connectivity index (χ0) is 35.4. The van der Waals surface area contributed by atoms with E-state index in [1.54, 1.807) is 13.4 Å². The van der Waals surface area contributed by atoms with Crippen LogP contribution in [-0.4, -0.2) is 59.0 Å². The Kier molecular flexibility index (Phi) is 15.2. The van der Waals surface area contributed by atoms with Gasteiger partial charge in [-0.05, 0) is 12.8 Å². The van der Waals surface area contributed by atoms with E-state index < -0.39 is 0 Å². The minimum atomic E-state index is -0.144. The Bertz CT molecular complexity index is 1770. The van der Waals surface area contributed by atoms with E-state index in [9.17, 15) is 4.79 Å². The van der Waals surface area contributed by atoms with Crippen LogP contribution in [0, 0.1) is 0 Å². The first-order chi connectivity index (χ1) is 25.2. The number of esters is 1. The molecule has 2 aromatic heterocycles. The number of hydrogen-bond donors (Lipinski definition) is 1. The number of nitrogens with zero attached hydrogens (tertiary/aromatic N) is 3. The number of aryl methyl sites for hydroxylation is 1. The maximum Gasteiger partial charge on any atom is 0.305 e. The zero-order valence-corrected chi connectivity index (χ0v) is 29.5. The van der Waals surface area contributed by atoms with Crippen LogP contribution in [0.2, 0.25) is 0 Å². The third kappa shape index (κ3) is 11.6. The normalized spacial score (nSPS) is 10.8. The van der Waals surface area contributed by atoms with E-state index in [4.69, 9.17) is 19.2 Å². The lowest BCUT2D eigenvalue weighted by Crippen LogP contribution is -2.12. The van der Waals surface area contributed by atoms with Crippen molar-refractivity contribution in [1.29, 1.82) is 0 Å². The lowest BCUT2D eigenvalue weighted by molar-refractivity contribution is -0.145. The highest BCUT2D eigenvalue weighted by atomic mass is 16.6. The van der Waals surface area contributed by atoms with Crippen LogP contribution in [-0.2, 0) is 25.5 Å². The van der Waals surface area contributed by atoms with E-state index in [0.717, 1.165) is 72.4 Å². The van der Waals surface area contributed by atoms with Crippen LogP contribution in [0.15, 0.2) is 134 Å². The van der Waals surface area contributed by atoms with Crippen LogP contribution in [0.3, 0.4) is 0 Å². The average Bonchev–Trinajstić information content (AvgIpc) is 3.86. The Morgan fingerprint density at radius 3 is 1.80 bits per heavy atom. The maximum absolute atomic E-state index is 11.8. The minimum Gasteiger partial charge on any atom is -0.463 e. The molecule has 2 heterocycles. The number of rotatable bonds is 18. The van der Waals surface area contributed by atoms with Gasteiger partial charge in [-0.3, -0.25) is 4.79 Å². The van der Waals surface area contributed by atoms with Gasteiger partial charge in [0.2, 0.25) is 0 Å². The summed E-state index contributed by atoms with van der Waals surface area (Å²) in [5.74, 6) is -0.144. The molecule has 264 valence electrons. The Labute approximate surface area is 301 Å². The van der Waals surface area contributed by atoms with Crippen molar-refractivity contribution in [1.82, 2.24) is 19.5 Å². The van der Waals surface area contributed by atoms with Crippen LogP contribution in [0.25, 0.3) is 45.0 Å². The first kappa shape index (κ1) is 37.0.